The monoisotopic (exact) mass is 977 g/mol. The van der Waals surface area contributed by atoms with E-state index in [1.165, 1.54) is 141 Å². The Balaban J connectivity index is 1.78. The smallest absolute Gasteiger partial charge is 0.306 e. The molecule has 15 nitrogen and oxygen atoms in total. The summed E-state index contributed by atoms with van der Waals surface area (Å²) in [6.07, 6.45) is 19.7. The van der Waals surface area contributed by atoms with Crippen molar-refractivity contribution in [1.82, 2.24) is 0 Å². The minimum Gasteiger partial charge on any atom is -0.462 e. The zero-order chi connectivity index (χ0) is 49.8. The lowest BCUT2D eigenvalue weighted by molar-refractivity contribution is -0.332. The summed E-state index contributed by atoms with van der Waals surface area (Å²) in [6.45, 7) is 5.02. The second kappa shape index (κ2) is 40.0. The molecule has 0 bridgehead atoms. The Labute approximate surface area is 410 Å². The molecule has 0 aliphatic carbocycles. The van der Waals surface area contributed by atoms with E-state index in [1.807, 2.05) is 0 Å². The molecule has 0 aromatic heterocycles. The lowest BCUT2D eigenvalue weighted by Gasteiger charge is -2.42. The molecule has 2 heterocycles. The van der Waals surface area contributed by atoms with Gasteiger partial charge in [0.25, 0.3) is 0 Å². The number of carbonyl (C=O) groups excluding carboxylic acids is 2. The third-order valence-corrected chi connectivity index (χ3v) is 13.7. The molecular weight excluding hydrogens is 877 g/mol. The molecule has 0 radical (unpaired) electrons. The fourth-order valence-corrected chi connectivity index (χ4v) is 9.10. The summed E-state index contributed by atoms with van der Waals surface area (Å²) in [5.74, 6) is -0.0546. The van der Waals surface area contributed by atoms with Crippen molar-refractivity contribution >= 4 is 11.9 Å². The highest BCUT2D eigenvalue weighted by atomic mass is 16.7. The Morgan fingerprint density at radius 3 is 1.34 bits per heavy atom. The zero-order valence-corrected chi connectivity index (χ0v) is 42.8. The van der Waals surface area contributed by atoms with Gasteiger partial charge >= 0.3 is 11.9 Å². The van der Waals surface area contributed by atoms with Crippen LogP contribution in [-0.4, -0.2) is 142 Å². The van der Waals surface area contributed by atoms with Gasteiger partial charge < -0.3 is 64.2 Å². The Morgan fingerprint density at radius 1 is 0.456 bits per heavy atom. The van der Waals surface area contributed by atoms with Gasteiger partial charge in [-0.3, -0.25) is 9.59 Å². The zero-order valence-electron chi connectivity index (χ0n) is 42.8. The number of hydrogen-bond donors (Lipinski definition) is 7. The fraction of sp³-hybridized carbons (Fsp3) is 0.962. The van der Waals surface area contributed by atoms with Crippen LogP contribution >= 0.6 is 0 Å². The van der Waals surface area contributed by atoms with Crippen LogP contribution in [0.25, 0.3) is 0 Å². The van der Waals surface area contributed by atoms with Gasteiger partial charge in [-0.15, -0.1) is 0 Å². The summed E-state index contributed by atoms with van der Waals surface area (Å²) in [6, 6.07) is 0. The van der Waals surface area contributed by atoms with Crippen molar-refractivity contribution in [2.75, 3.05) is 26.4 Å². The van der Waals surface area contributed by atoms with Crippen molar-refractivity contribution in [3.8, 4) is 0 Å². The quantitative estimate of drug-likeness (QED) is 0.0225. The summed E-state index contributed by atoms with van der Waals surface area (Å²) < 4.78 is 33.7. The van der Waals surface area contributed by atoms with Crippen molar-refractivity contribution in [3.63, 3.8) is 0 Å². The van der Waals surface area contributed by atoms with Crippen molar-refractivity contribution in [3.05, 3.63) is 0 Å². The standard InChI is InChI=1S/C53H100O15/c1-4-6-8-9-10-11-12-13-14-15-18-22-25-28-31-35-45(56)66-41(37-63-44(55)34-30-27-24-21-19-16-17-20-23-26-29-33-40(3)32-7-5-2)38-64-52-51(62)49(60)47(58)43(68-52)39-65-53-50(61)48(59)46(57)42(36-54)67-53/h40-43,46-54,57-62H,4-39H2,1-3H3/t40-,41+,42+,43+,46-,47-,48-,49-,50+,51+,52+,53-/m0/s1. The van der Waals surface area contributed by atoms with Gasteiger partial charge in [-0.2, -0.15) is 0 Å². The number of rotatable bonds is 43. The molecule has 7 N–H and O–H groups in total. The van der Waals surface area contributed by atoms with E-state index in [0.29, 0.717) is 12.8 Å². The molecule has 0 aromatic carbocycles. The molecule has 2 aliphatic rings. The molecule has 0 aromatic rings. The van der Waals surface area contributed by atoms with Gasteiger partial charge in [0.1, 0.15) is 55.4 Å². The fourth-order valence-electron chi connectivity index (χ4n) is 9.10. The minimum atomic E-state index is -1.76. The van der Waals surface area contributed by atoms with E-state index in [4.69, 9.17) is 28.4 Å². The Morgan fingerprint density at radius 2 is 0.853 bits per heavy atom. The molecule has 0 spiro atoms. The predicted octanol–water partition coefficient (Wildman–Crippen LogP) is 8.24. The van der Waals surface area contributed by atoms with Crippen molar-refractivity contribution in [1.29, 1.82) is 0 Å². The molecule has 0 unspecified atom stereocenters. The number of carbonyl (C=O) groups is 2. The SMILES string of the molecule is CCCCCCCCCCCCCCCCCC(=O)O[C@H](COC(=O)CCCCCCCCCCCCC[C@@H](C)CCCC)CO[C@@H]1O[C@H](CO[C@H]2O[C@H](CO)[C@H](O)[C@H](O)[C@H]2O)[C@H](O)[C@H](O)[C@H]1O. The third kappa shape index (κ3) is 27.9. The van der Waals surface area contributed by atoms with E-state index in [0.717, 1.165) is 44.4 Å². The highest BCUT2D eigenvalue weighted by Gasteiger charge is 2.47. The van der Waals surface area contributed by atoms with Gasteiger partial charge in [0.15, 0.2) is 18.7 Å². The molecule has 2 rings (SSSR count). The summed E-state index contributed by atoms with van der Waals surface area (Å²) in [5, 5.41) is 72.2. The molecule has 2 aliphatic heterocycles. The van der Waals surface area contributed by atoms with E-state index >= 15 is 0 Å². The van der Waals surface area contributed by atoms with E-state index in [-0.39, 0.29) is 26.1 Å². The average Bonchev–Trinajstić information content (AvgIpc) is 3.33. The maximum Gasteiger partial charge on any atom is 0.306 e. The molecule has 2 fully saturated rings. The second-order valence-corrected chi connectivity index (χ2v) is 20.0. The van der Waals surface area contributed by atoms with Crippen LogP contribution in [0.1, 0.15) is 226 Å². The van der Waals surface area contributed by atoms with E-state index < -0.39 is 92.7 Å². The number of hydrogen-bond acceptors (Lipinski definition) is 15. The highest BCUT2D eigenvalue weighted by molar-refractivity contribution is 5.70. The minimum absolute atomic E-state index is 0.173. The van der Waals surface area contributed by atoms with Crippen LogP contribution in [0, 0.1) is 5.92 Å². The maximum absolute atomic E-state index is 13.0. The summed E-state index contributed by atoms with van der Waals surface area (Å²) >= 11 is 0. The normalized spacial score (nSPS) is 26.1. The van der Waals surface area contributed by atoms with Gasteiger partial charge in [0, 0.05) is 12.8 Å². The number of aliphatic hydroxyl groups is 7. The van der Waals surface area contributed by atoms with E-state index in [1.54, 1.807) is 0 Å². The Bertz CT molecular complexity index is 1210. The molecule has 15 heteroatoms. The second-order valence-electron chi connectivity index (χ2n) is 20.0. The first-order valence-electron chi connectivity index (χ1n) is 27.5. The maximum atomic E-state index is 13.0. The topological polar surface area (TPSA) is 231 Å². The Kier molecular flexibility index (Phi) is 36.9. The van der Waals surface area contributed by atoms with Crippen LogP contribution in [0.5, 0.6) is 0 Å². The highest BCUT2D eigenvalue weighted by Crippen LogP contribution is 2.27. The third-order valence-electron chi connectivity index (χ3n) is 13.7. The van der Waals surface area contributed by atoms with Crippen LogP contribution in [-0.2, 0) is 38.0 Å². The molecule has 0 amide bonds. The lowest BCUT2D eigenvalue weighted by Crippen LogP contribution is -2.61. The molecule has 402 valence electrons. The van der Waals surface area contributed by atoms with Gasteiger partial charge in [-0.25, -0.2) is 0 Å². The molecule has 68 heavy (non-hydrogen) atoms. The van der Waals surface area contributed by atoms with Crippen LogP contribution in [0.15, 0.2) is 0 Å². The average molecular weight is 977 g/mol. The first kappa shape index (κ1) is 62.6. The van der Waals surface area contributed by atoms with Crippen molar-refractivity contribution < 1.29 is 73.8 Å². The van der Waals surface area contributed by atoms with Crippen molar-refractivity contribution in [2.24, 2.45) is 5.92 Å². The molecular formula is C53H100O15. The number of aliphatic hydroxyl groups excluding tert-OH is 7. The molecule has 2 saturated heterocycles. The van der Waals surface area contributed by atoms with Gasteiger partial charge in [-0.1, -0.05) is 201 Å². The summed E-state index contributed by atoms with van der Waals surface area (Å²) in [4.78, 5) is 25.8. The van der Waals surface area contributed by atoms with Gasteiger partial charge in [0.2, 0.25) is 0 Å². The number of ether oxygens (including phenoxy) is 6. The van der Waals surface area contributed by atoms with E-state index in [2.05, 4.69) is 20.8 Å². The first-order chi connectivity index (χ1) is 32.9. The van der Waals surface area contributed by atoms with Crippen LogP contribution in [0.3, 0.4) is 0 Å². The van der Waals surface area contributed by atoms with Crippen LogP contribution in [0.2, 0.25) is 0 Å². The predicted molar refractivity (Wildman–Crippen MR) is 261 cm³/mol. The van der Waals surface area contributed by atoms with Gasteiger partial charge in [-0.05, 0) is 18.8 Å². The van der Waals surface area contributed by atoms with Crippen molar-refractivity contribution in [2.45, 2.75) is 294 Å². The van der Waals surface area contributed by atoms with Gasteiger partial charge in [0.05, 0.1) is 19.8 Å². The van der Waals surface area contributed by atoms with E-state index in [9.17, 15) is 45.3 Å². The van der Waals surface area contributed by atoms with Crippen LogP contribution < -0.4 is 0 Å². The molecule has 0 saturated carbocycles. The summed E-state index contributed by atoms with van der Waals surface area (Å²) in [7, 11) is 0. The number of esters is 2. The van der Waals surface area contributed by atoms with Crippen LogP contribution in [0.4, 0.5) is 0 Å². The number of unbranched alkanes of at least 4 members (excludes halogenated alkanes) is 25. The largest absolute Gasteiger partial charge is 0.462 e. The lowest BCUT2D eigenvalue weighted by atomic mass is 9.97. The molecule has 12 atom stereocenters. The first-order valence-corrected chi connectivity index (χ1v) is 27.5. The Hall–Kier alpha value is -1.50. The summed E-state index contributed by atoms with van der Waals surface area (Å²) in [5.41, 5.74) is 0.